The number of pyridine rings is 1. The van der Waals surface area contributed by atoms with Gasteiger partial charge in [0.1, 0.15) is 12.0 Å². The third kappa shape index (κ3) is 2.15. The lowest BCUT2D eigenvalue weighted by molar-refractivity contribution is 0.374. The molecular formula is C15H17FN6. The van der Waals surface area contributed by atoms with Crippen molar-refractivity contribution in [1.82, 2.24) is 9.88 Å². The first-order valence-corrected chi connectivity index (χ1v) is 6.83. The highest BCUT2D eigenvalue weighted by molar-refractivity contribution is 5.84. The van der Waals surface area contributed by atoms with Gasteiger partial charge in [0.05, 0.1) is 11.3 Å². The molecule has 0 radical (unpaired) electrons. The SMILES string of the molecule is CNc1cccc(F)c1-c1ccc2c(n1)N=C(N)N(C)C2N. The highest BCUT2D eigenvalue weighted by atomic mass is 19.1. The maximum absolute atomic E-state index is 14.2. The van der Waals surface area contributed by atoms with Gasteiger partial charge >= 0.3 is 0 Å². The molecule has 1 unspecified atom stereocenters. The van der Waals surface area contributed by atoms with Crippen LogP contribution in [0.5, 0.6) is 0 Å². The number of hydrogen-bond donors (Lipinski definition) is 3. The molecule has 0 amide bonds. The van der Waals surface area contributed by atoms with Crippen LogP contribution in [0.2, 0.25) is 0 Å². The summed E-state index contributed by atoms with van der Waals surface area (Å²) in [5.74, 6) is 0.353. The minimum atomic E-state index is -0.418. The summed E-state index contributed by atoms with van der Waals surface area (Å²) in [6, 6.07) is 8.37. The van der Waals surface area contributed by atoms with E-state index in [2.05, 4.69) is 15.3 Å². The van der Waals surface area contributed by atoms with Crippen LogP contribution >= 0.6 is 0 Å². The van der Waals surface area contributed by atoms with Gasteiger partial charge in [-0.25, -0.2) is 9.37 Å². The number of nitrogens with two attached hydrogens (primary N) is 2. The fourth-order valence-corrected chi connectivity index (χ4v) is 2.45. The van der Waals surface area contributed by atoms with Gasteiger partial charge < -0.3 is 21.7 Å². The number of anilines is 1. The number of aromatic nitrogens is 1. The summed E-state index contributed by atoms with van der Waals surface area (Å²) >= 11 is 0. The van der Waals surface area contributed by atoms with Crippen molar-refractivity contribution in [1.29, 1.82) is 0 Å². The Bertz CT molecular complexity index is 758. The molecule has 2 heterocycles. The van der Waals surface area contributed by atoms with Crippen molar-refractivity contribution in [3.8, 4) is 11.3 Å². The lowest BCUT2D eigenvalue weighted by Crippen LogP contribution is -2.43. The molecule has 1 atom stereocenters. The van der Waals surface area contributed by atoms with Gasteiger partial charge in [0, 0.05) is 25.3 Å². The Hall–Kier alpha value is -2.67. The Morgan fingerprint density at radius 1 is 1.27 bits per heavy atom. The third-order valence-electron chi connectivity index (χ3n) is 3.76. The lowest BCUT2D eigenvalue weighted by atomic mass is 10.1. The first-order valence-electron chi connectivity index (χ1n) is 6.83. The Balaban J connectivity index is 2.16. The first kappa shape index (κ1) is 14.3. The van der Waals surface area contributed by atoms with Crippen LogP contribution in [0.25, 0.3) is 11.3 Å². The monoisotopic (exact) mass is 300 g/mol. The topological polar surface area (TPSA) is 92.6 Å². The van der Waals surface area contributed by atoms with Crippen molar-refractivity contribution in [3.05, 3.63) is 41.7 Å². The van der Waals surface area contributed by atoms with E-state index in [4.69, 9.17) is 11.5 Å². The molecule has 0 aliphatic carbocycles. The molecule has 1 aliphatic heterocycles. The molecule has 0 saturated carbocycles. The summed E-state index contributed by atoms with van der Waals surface area (Å²) in [6.07, 6.45) is -0.418. The average Bonchev–Trinajstić information content (AvgIpc) is 2.52. The fourth-order valence-electron chi connectivity index (χ4n) is 2.45. The van der Waals surface area contributed by atoms with Crippen molar-refractivity contribution in [2.75, 3.05) is 19.4 Å². The van der Waals surface area contributed by atoms with Crippen molar-refractivity contribution in [3.63, 3.8) is 0 Å². The van der Waals surface area contributed by atoms with E-state index in [-0.39, 0.29) is 11.8 Å². The first-order chi connectivity index (χ1) is 10.5. The predicted octanol–water partition coefficient (Wildman–Crippen LogP) is 1.78. The normalized spacial score (nSPS) is 17.0. The van der Waals surface area contributed by atoms with E-state index < -0.39 is 6.17 Å². The Morgan fingerprint density at radius 2 is 2.05 bits per heavy atom. The van der Waals surface area contributed by atoms with Crippen LogP contribution in [-0.2, 0) is 0 Å². The average molecular weight is 300 g/mol. The molecule has 3 rings (SSSR count). The smallest absolute Gasteiger partial charge is 0.199 e. The molecule has 0 bridgehead atoms. The van der Waals surface area contributed by atoms with E-state index in [9.17, 15) is 4.39 Å². The summed E-state index contributed by atoms with van der Waals surface area (Å²) in [7, 11) is 3.49. The molecule has 22 heavy (non-hydrogen) atoms. The van der Waals surface area contributed by atoms with Gasteiger partial charge in [0.15, 0.2) is 11.8 Å². The zero-order valence-electron chi connectivity index (χ0n) is 12.3. The minimum absolute atomic E-state index is 0.284. The highest BCUT2D eigenvalue weighted by Gasteiger charge is 2.24. The van der Waals surface area contributed by atoms with E-state index >= 15 is 0 Å². The lowest BCUT2D eigenvalue weighted by Gasteiger charge is -2.30. The zero-order chi connectivity index (χ0) is 15.9. The number of fused-ring (bicyclic) bond motifs is 1. The summed E-state index contributed by atoms with van der Waals surface area (Å²) in [5.41, 5.74) is 14.2. The van der Waals surface area contributed by atoms with Crippen LogP contribution in [-0.4, -0.2) is 29.9 Å². The molecule has 1 aromatic heterocycles. The van der Waals surface area contributed by atoms with E-state index in [1.165, 1.54) is 6.07 Å². The summed E-state index contributed by atoms with van der Waals surface area (Å²) in [6.45, 7) is 0. The molecule has 114 valence electrons. The number of nitrogens with one attached hydrogen (secondary N) is 1. The summed E-state index contributed by atoms with van der Waals surface area (Å²) in [4.78, 5) is 10.3. The molecule has 0 spiro atoms. The summed E-state index contributed by atoms with van der Waals surface area (Å²) in [5, 5.41) is 2.97. The molecule has 0 fully saturated rings. The maximum atomic E-state index is 14.2. The number of guanidine groups is 1. The van der Waals surface area contributed by atoms with Crippen molar-refractivity contribution < 1.29 is 4.39 Å². The number of nitrogens with zero attached hydrogens (tertiary/aromatic N) is 3. The molecule has 5 N–H and O–H groups in total. The Morgan fingerprint density at radius 3 is 2.77 bits per heavy atom. The van der Waals surface area contributed by atoms with E-state index in [0.29, 0.717) is 22.8 Å². The van der Waals surface area contributed by atoms with Crippen LogP contribution in [0.3, 0.4) is 0 Å². The number of halogens is 1. The summed E-state index contributed by atoms with van der Waals surface area (Å²) < 4.78 is 14.2. The van der Waals surface area contributed by atoms with Crippen LogP contribution in [0.4, 0.5) is 15.9 Å². The predicted molar refractivity (Wildman–Crippen MR) is 85.2 cm³/mol. The Kier molecular flexibility index (Phi) is 3.42. The second kappa shape index (κ2) is 5.27. The second-order valence-corrected chi connectivity index (χ2v) is 5.05. The number of rotatable bonds is 2. The van der Waals surface area contributed by atoms with E-state index in [1.807, 2.05) is 0 Å². The number of hydrogen-bond acceptors (Lipinski definition) is 6. The standard InChI is InChI=1S/C15H17FN6/c1-19-10-5-3-4-9(16)12(10)11-7-6-8-13(17)22(2)15(18)21-14(8)20-11/h3-7,13,19H,17H2,1-2H3,(H2,18,20,21). The molecular weight excluding hydrogens is 283 g/mol. The fraction of sp³-hybridized carbons (Fsp3) is 0.200. The molecule has 0 saturated heterocycles. The molecule has 6 nitrogen and oxygen atoms in total. The second-order valence-electron chi connectivity index (χ2n) is 5.05. The van der Waals surface area contributed by atoms with Gasteiger partial charge in [-0.15, -0.1) is 0 Å². The molecule has 1 aliphatic rings. The highest BCUT2D eigenvalue weighted by Crippen LogP contribution is 2.34. The number of benzene rings is 1. The van der Waals surface area contributed by atoms with Gasteiger partial charge in [-0.3, -0.25) is 0 Å². The van der Waals surface area contributed by atoms with Crippen molar-refractivity contribution >= 4 is 17.5 Å². The van der Waals surface area contributed by atoms with Crippen LogP contribution < -0.4 is 16.8 Å². The van der Waals surface area contributed by atoms with Crippen LogP contribution in [0.1, 0.15) is 11.7 Å². The quantitative estimate of drug-likeness (QED) is 0.786. The van der Waals surface area contributed by atoms with Crippen molar-refractivity contribution in [2.45, 2.75) is 6.17 Å². The van der Waals surface area contributed by atoms with Gasteiger partial charge in [-0.05, 0) is 24.3 Å². The molecule has 2 aromatic rings. The number of aliphatic imine (C=N–C) groups is 1. The van der Waals surface area contributed by atoms with E-state index in [1.54, 1.807) is 43.3 Å². The molecule has 1 aromatic carbocycles. The van der Waals surface area contributed by atoms with Gasteiger partial charge in [-0.1, -0.05) is 6.07 Å². The largest absolute Gasteiger partial charge is 0.387 e. The third-order valence-corrected chi connectivity index (χ3v) is 3.76. The Labute approximate surface area is 127 Å². The van der Waals surface area contributed by atoms with Crippen LogP contribution in [0.15, 0.2) is 35.3 Å². The van der Waals surface area contributed by atoms with Gasteiger partial charge in [-0.2, -0.15) is 4.99 Å². The van der Waals surface area contributed by atoms with Gasteiger partial charge in [0.2, 0.25) is 0 Å². The van der Waals surface area contributed by atoms with E-state index in [0.717, 1.165) is 5.56 Å². The molecule has 7 heteroatoms. The maximum Gasteiger partial charge on any atom is 0.199 e. The van der Waals surface area contributed by atoms with Crippen LogP contribution in [0, 0.1) is 5.82 Å². The van der Waals surface area contributed by atoms with Gasteiger partial charge in [0.25, 0.3) is 0 Å². The van der Waals surface area contributed by atoms with Crippen molar-refractivity contribution in [2.24, 2.45) is 16.5 Å². The minimum Gasteiger partial charge on any atom is -0.387 e. The zero-order valence-corrected chi connectivity index (χ0v) is 12.3.